The zero-order chi connectivity index (χ0) is 20.8. The number of aromatic nitrogens is 4. The minimum atomic E-state index is -0.164. The number of carbonyl (C=O) groups is 1. The summed E-state index contributed by atoms with van der Waals surface area (Å²) < 4.78 is 13.5. The number of halogens is 1. The van der Waals surface area contributed by atoms with Gasteiger partial charge >= 0.3 is 0 Å². The van der Waals surface area contributed by atoms with E-state index >= 15 is 0 Å². The Morgan fingerprint density at radius 1 is 1.17 bits per heavy atom. The average Bonchev–Trinajstić information content (AvgIpc) is 3.16. The summed E-state index contributed by atoms with van der Waals surface area (Å²) in [4.78, 5) is 16.4. The lowest BCUT2D eigenvalue weighted by atomic mass is 10.2. The number of rotatable bonds is 8. The molecule has 1 aromatic carbocycles. The first kappa shape index (κ1) is 21.1. The van der Waals surface area contributed by atoms with Crippen LogP contribution in [-0.2, 0) is 11.3 Å². The molecule has 2 aromatic heterocycles. The molecule has 3 rings (SSSR count). The molecule has 0 spiro atoms. The molecule has 8 nitrogen and oxygen atoms in total. The van der Waals surface area contributed by atoms with Crippen LogP contribution in [0.3, 0.4) is 0 Å². The third kappa shape index (κ3) is 5.07. The molecule has 0 aliphatic carbocycles. The van der Waals surface area contributed by atoms with Gasteiger partial charge in [-0.25, -0.2) is 4.98 Å². The van der Waals surface area contributed by atoms with Crippen LogP contribution in [0.5, 0.6) is 11.5 Å². The fraction of sp³-hybridized carbons (Fsp3) is 0.263. The van der Waals surface area contributed by atoms with Gasteiger partial charge < -0.3 is 19.4 Å². The first-order valence-corrected chi connectivity index (χ1v) is 10.5. The molecule has 0 aliphatic rings. The molecule has 29 heavy (non-hydrogen) atoms. The van der Waals surface area contributed by atoms with E-state index in [-0.39, 0.29) is 11.7 Å². The van der Waals surface area contributed by atoms with E-state index in [1.54, 1.807) is 26.5 Å². The van der Waals surface area contributed by atoms with Gasteiger partial charge in [0.25, 0.3) is 0 Å². The molecule has 0 atom stereocenters. The predicted octanol–water partition coefficient (Wildman–Crippen LogP) is 3.87. The maximum Gasteiger partial charge on any atom is 0.236 e. The third-order valence-corrected chi connectivity index (χ3v) is 5.44. The number of hydrogen-bond donors (Lipinski definition) is 1. The highest BCUT2D eigenvalue weighted by Crippen LogP contribution is 2.32. The molecule has 0 saturated carbocycles. The van der Waals surface area contributed by atoms with Crippen LogP contribution in [0.1, 0.15) is 6.92 Å². The molecule has 0 aliphatic heterocycles. The molecule has 2 heterocycles. The van der Waals surface area contributed by atoms with E-state index < -0.39 is 0 Å². The van der Waals surface area contributed by atoms with Crippen LogP contribution in [0.2, 0.25) is 0 Å². The Kier molecular flexibility index (Phi) is 7.10. The van der Waals surface area contributed by atoms with E-state index in [1.165, 1.54) is 11.8 Å². The molecule has 0 bridgehead atoms. The lowest BCUT2D eigenvalue weighted by Gasteiger charge is -2.11. The van der Waals surface area contributed by atoms with E-state index in [0.29, 0.717) is 34.8 Å². The van der Waals surface area contributed by atoms with Gasteiger partial charge in [-0.2, -0.15) is 0 Å². The molecule has 10 heteroatoms. The summed E-state index contributed by atoms with van der Waals surface area (Å²) in [5, 5.41) is 12.0. The highest BCUT2D eigenvalue weighted by molar-refractivity contribution is 9.10. The minimum absolute atomic E-state index is 0.164. The smallest absolute Gasteiger partial charge is 0.236 e. The Bertz CT molecular complexity index is 994. The standard InChI is InChI=1S/C19H20BrN5O3S/c1-4-25-18(12-5-7-14(27-2)15(9-12)28-3)23-24-19(25)29-11-17(26)22-16-8-6-13(20)10-21-16/h5-10H,4,11H2,1-3H3,(H,21,22,26). The number of anilines is 1. The second kappa shape index (κ2) is 9.75. The summed E-state index contributed by atoms with van der Waals surface area (Å²) in [5.74, 6) is 2.50. The number of benzene rings is 1. The molecular formula is C19H20BrN5O3S. The highest BCUT2D eigenvalue weighted by atomic mass is 79.9. The van der Waals surface area contributed by atoms with Crippen LogP contribution in [0.4, 0.5) is 5.82 Å². The molecule has 0 radical (unpaired) electrons. The van der Waals surface area contributed by atoms with Crippen molar-refractivity contribution in [2.45, 2.75) is 18.6 Å². The van der Waals surface area contributed by atoms with Crippen LogP contribution in [0, 0.1) is 0 Å². The Morgan fingerprint density at radius 3 is 2.62 bits per heavy atom. The first-order valence-electron chi connectivity index (χ1n) is 8.75. The average molecular weight is 478 g/mol. The number of thioether (sulfide) groups is 1. The van der Waals surface area contributed by atoms with Gasteiger partial charge in [-0.15, -0.1) is 10.2 Å². The first-order chi connectivity index (χ1) is 14.0. The molecule has 1 amide bonds. The Morgan fingerprint density at radius 2 is 1.97 bits per heavy atom. The quantitative estimate of drug-likeness (QED) is 0.492. The molecule has 0 saturated heterocycles. The van der Waals surface area contributed by atoms with Gasteiger partial charge in [0.15, 0.2) is 22.5 Å². The predicted molar refractivity (Wildman–Crippen MR) is 116 cm³/mol. The lowest BCUT2D eigenvalue weighted by molar-refractivity contribution is -0.113. The molecule has 3 aromatic rings. The van der Waals surface area contributed by atoms with Crippen LogP contribution < -0.4 is 14.8 Å². The highest BCUT2D eigenvalue weighted by Gasteiger charge is 2.16. The van der Waals surface area contributed by atoms with E-state index in [9.17, 15) is 4.79 Å². The Hall–Kier alpha value is -2.59. The summed E-state index contributed by atoms with van der Waals surface area (Å²) in [6.07, 6.45) is 1.63. The van der Waals surface area contributed by atoms with Crippen molar-refractivity contribution in [1.82, 2.24) is 19.7 Å². The van der Waals surface area contributed by atoms with Gasteiger partial charge in [-0.05, 0) is 53.2 Å². The van der Waals surface area contributed by atoms with Crippen LogP contribution in [0.15, 0.2) is 46.2 Å². The second-order valence-corrected chi connectivity index (χ2v) is 7.68. The van der Waals surface area contributed by atoms with E-state index in [1.807, 2.05) is 35.8 Å². The number of amides is 1. The number of nitrogens with one attached hydrogen (secondary N) is 1. The molecule has 0 fully saturated rings. The van der Waals surface area contributed by atoms with Crippen molar-refractivity contribution in [2.24, 2.45) is 0 Å². The lowest BCUT2D eigenvalue weighted by Crippen LogP contribution is -2.15. The van der Waals surface area contributed by atoms with Gasteiger partial charge in [-0.3, -0.25) is 4.79 Å². The number of methoxy groups -OCH3 is 2. The van der Waals surface area contributed by atoms with Crippen LogP contribution in [0.25, 0.3) is 11.4 Å². The van der Waals surface area contributed by atoms with E-state index in [0.717, 1.165) is 10.0 Å². The maximum atomic E-state index is 12.2. The largest absolute Gasteiger partial charge is 0.493 e. The van der Waals surface area contributed by atoms with E-state index in [4.69, 9.17) is 9.47 Å². The Balaban J connectivity index is 1.72. The SMILES string of the molecule is CCn1c(SCC(=O)Nc2ccc(Br)cn2)nnc1-c1ccc(OC)c(OC)c1. The summed E-state index contributed by atoms with van der Waals surface area (Å²) in [6.45, 7) is 2.67. The normalized spacial score (nSPS) is 10.6. The topological polar surface area (TPSA) is 91.2 Å². The van der Waals surface area contributed by atoms with Crippen LogP contribution in [-0.4, -0.2) is 45.6 Å². The second-order valence-electron chi connectivity index (χ2n) is 5.82. The van der Waals surface area contributed by atoms with Gasteiger partial charge in [0.05, 0.1) is 20.0 Å². The number of hydrogen-bond acceptors (Lipinski definition) is 7. The van der Waals surface area contributed by atoms with E-state index in [2.05, 4.69) is 36.4 Å². The fourth-order valence-corrected chi connectivity index (χ4v) is 3.67. The van der Waals surface area contributed by atoms with Gasteiger partial charge in [-0.1, -0.05) is 11.8 Å². The molecule has 1 N–H and O–H groups in total. The van der Waals surface area contributed by atoms with Gasteiger partial charge in [0.1, 0.15) is 5.82 Å². The zero-order valence-corrected chi connectivity index (χ0v) is 18.6. The van der Waals surface area contributed by atoms with Crippen LogP contribution >= 0.6 is 27.7 Å². The zero-order valence-electron chi connectivity index (χ0n) is 16.2. The van der Waals surface area contributed by atoms with Crippen molar-refractivity contribution in [3.63, 3.8) is 0 Å². The van der Waals surface area contributed by atoms with Gasteiger partial charge in [0, 0.05) is 22.8 Å². The Labute approximate surface area is 181 Å². The number of pyridine rings is 1. The summed E-state index contributed by atoms with van der Waals surface area (Å²) in [7, 11) is 3.18. The fourth-order valence-electron chi connectivity index (χ4n) is 2.63. The number of carbonyl (C=O) groups excluding carboxylic acids is 1. The number of ether oxygens (including phenoxy) is 2. The number of nitrogens with zero attached hydrogens (tertiary/aromatic N) is 4. The molecular weight excluding hydrogens is 458 g/mol. The van der Waals surface area contributed by atoms with Crippen molar-refractivity contribution in [2.75, 3.05) is 25.3 Å². The maximum absolute atomic E-state index is 12.2. The summed E-state index contributed by atoms with van der Waals surface area (Å²) >= 11 is 4.63. The van der Waals surface area contributed by atoms with Gasteiger partial charge in [0.2, 0.25) is 5.91 Å². The molecule has 152 valence electrons. The van der Waals surface area contributed by atoms with Crippen molar-refractivity contribution < 1.29 is 14.3 Å². The molecule has 0 unspecified atom stereocenters. The van der Waals surface area contributed by atoms with Crippen molar-refractivity contribution in [3.05, 3.63) is 41.0 Å². The monoisotopic (exact) mass is 477 g/mol. The minimum Gasteiger partial charge on any atom is -0.493 e. The summed E-state index contributed by atoms with van der Waals surface area (Å²) in [5.41, 5.74) is 0.854. The van der Waals surface area contributed by atoms with Crippen molar-refractivity contribution in [1.29, 1.82) is 0 Å². The third-order valence-electron chi connectivity index (χ3n) is 4.00. The van der Waals surface area contributed by atoms with Crippen molar-refractivity contribution in [3.8, 4) is 22.9 Å². The van der Waals surface area contributed by atoms with Crippen molar-refractivity contribution >= 4 is 39.4 Å². The summed E-state index contributed by atoms with van der Waals surface area (Å²) in [6, 6.07) is 9.14.